The van der Waals surface area contributed by atoms with E-state index < -0.39 is 0 Å². The highest BCUT2D eigenvalue weighted by atomic mass is 32.1. The molecule has 0 spiro atoms. The van der Waals surface area contributed by atoms with Gasteiger partial charge in [0.05, 0.1) is 11.5 Å². The van der Waals surface area contributed by atoms with Crippen LogP contribution in [0.15, 0.2) is 30.3 Å². The van der Waals surface area contributed by atoms with Crippen LogP contribution in [0.25, 0.3) is 0 Å². The molecule has 1 amide bonds. The molecule has 0 saturated heterocycles. The molecule has 0 aliphatic heterocycles. The summed E-state index contributed by atoms with van der Waals surface area (Å²) in [5.41, 5.74) is 2.62. The van der Waals surface area contributed by atoms with Gasteiger partial charge in [0.2, 0.25) is 0 Å². The summed E-state index contributed by atoms with van der Waals surface area (Å²) in [6.45, 7) is 3.97. The molecule has 0 atom stereocenters. The lowest BCUT2D eigenvalue weighted by atomic mass is 10.2. The van der Waals surface area contributed by atoms with E-state index in [9.17, 15) is 4.79 Å². The Kier molecular flexibility index (Phi) is 3.79. The predicted molar refractivity (Wildman–Crippen MR) is 74.1 cm³/mol. The lowest BCUT2D eigenvalue weighted by Gasteiger charge is -2.04. The highest BCUT2D eigenvalue weighted by molar-refractivity contribution is 7.14. The number of amides is 1. The number of nitrogens with one attached hydrogen (secondary N) is 1. The first kappa shape index (κ1) is 12.8. The molecule has 0 bridgehead atoms. The van der Waals surface area contributed by atoms with Crippen LogP contribution in [0.2, 0.25) is 0 Å². The summed E-state index contributed by atoms with van der Waals surface area (Å²) in [6, 6.07) is 9.10. The molecule has 0 saturated carbocycles. The van der Waals surface area contributed by atoms with Gasteiger partial charge in [0.15, 0.2) is 0 Å². The molecule has 1 heterocycles. The maximum atomic E-state index is 12.0. The second kappa shape index (κ2) is 5.33. The minimum Gasteiger partial charge on any atom is -0.392 e. The van der Waals surface area contributed by atoms with E-state index in [0.717, 1.165) is 16.0 Å². The van der Waals surface area contributed by atoms with Crippen molar-refractivity contribution in [2.24, 2.45) is 0 Å². The topological polar surface area (TPSA) is 49.3 Å². The molecule has 0 aliphatic rings. The lowest BCUT2D eigenvalue weighted by Crippen LogP contribution is -2.10. The molecule has 2 N–H and O–H groups in total. The third kappa shape index (κ3) is 2.78. The summed E-state index contributed by atoms with van der Waals surface area (Å²) in [5.74, 6) is -0.105. The van der Waals surface area contributed by atoms with Crippen LogP contribution in [0.4, 0.5) is 5.69 Å². The zero-order valence-corrected chi connectivity index (χ0v) is 11.2. The fourth-order valence-electron chi connectivity index (χ4n) is 1.63. The van der Waals surface area contributed by atoms with E-state index >= 15 is 0 Å². The Bertz CT molecular complexity index is 555. The molecule has 0 unspecified atom stereocenters. The van der Waals surface area contributed by atoms with E-state index in [1.165, 1.54) is 11.3 Å². The lowest BCUT2D eigenvalue weighted by molar-refractivity contribution is 0.103. The Balaban J connectivity index is 2.15. The molecule has 94 valence electrons. The first-order valence-corrected chi connectivity index (χ1v) is 6.50. The van der Waals surface area contributed by atoms with Gasteiger partial charge in [-0.15, -0.1) is 11.3 Å². The second-order valence-electron chi connectivity index (χ2n) is 4.16. The van der Waals surface area contributed by atoms with Crippen molar-refractivity contribution < 1.29 is 9.90 Å². The molecule has 0 aliphatic carbocycles. The third-order valence-corrected chi connectivity index (χ3v) is 3.91. The van der Waals surface area contributed by atoms with E-state index in [4.69, 9.17) is 5.11 Å². The largest absolute Gasteiger partial charge is 0.392 e. The van der Waals surface area contributed by atoms with Gasteiger partial charge >= 0.3 is 0 Å². The van der Waals surface area contributed by atoms with Crippen molar-refractivity contribution in [2.75, 3.05) is 5.32 Å². The average Bonchev–Trinajstić information content (AvgIpc) is 2.70. The Morgan fingerprint density at radius 2 is 2.11 bits per heavy atom. The maximum Gasteiger partial charge on any atom is 0.265 e. The molecule has 4 heteroatoms. The summed E-state index contributed by atoms with van der Waals surface area (Å²) >= 11 is 1.49. The van der Waals surface area contributed by atoms with Gasteiger partial charge in [-0.2, -0.15) is 0 Å². The number of carbonyl (C=O) groups excluding carboxylic acids is 1. The Morgan fingerprint density at radius 1 is 1.33 bits per heavy atom. The SMILES string of the molecule is Cc1cc(C(=O)Nc2cccc(CO)c2)sc1C. The summed E-state index contributed by atoms with van der Waals surface area (Å²) in [4.78, 5) is 13.9. The van der Waals surface area contributed by atoms with Gasteiger partial charge in [-0.3, -0.25) is 4.79 Å². The highest BCUT2D eigenvalue weighted by Crippen LogP contribution is 2.22. The summed E-state index contributed by atoms with van der Waals surface area (Å²) in [5, 5.41) is 11.9. The van der Waals surface area contributed by atoms with E-state index in [0.29, 0.717) is 10.6 Å². The first-order chi connectivity index (χ1) is 8.60. The Labute approximate surface area is 110 Å². The number of hydrogen-bond donors (Lipinski definition) is 2. The van der Waals surface area contributed by atoms with Gasteiger partial charge in [0.1, 0.15) is 0 Å². The van der Waals surface area contributed by atoms with Crippen molar-refractivity contribution in [1.29, 1.82) is 0 Å². The van der Waals surface area contributed by atoms with Gasteiger partial charge in [-0.05, 0) is 43.2 Å². The van der Waals surface area contributed by atoms with Crippen LogP contribution in [0.5, 0.6) is 0 Å². The molecule has 2 aromatic rings. The number of rotatable bonds is 3. The maximum absolute atomic E-state index is 12.0. The van der Waals surface area contributed by atoms with Crippen LogP contribution in [-0.2, 0) is 6.61 Å². The zero-order valence-electron chi connectivity index (χ0n) is 10.4. The summed E-state index contributed by atoms with van der Waals surface area (Å²) in [7, 11) is 0. The molecule has 2 rings (SSSR count). The fourth-order valence-corrected chi connectivity index (χ4v) is 2.55. The molecular formula is C14H15NO2S. The van der Waals surface area contributed by atoms with Gasteiger partial charge in [-0.25, -0.2) is 0 Å². The molecule has 3 nitrogen and oxygen atoms in total. The van der Waals surface area contributed by atoms with Crippen LogP contribution >= 0.6 is 11.3 Å². The number of hydrogen-bond acceptors (Lipinski definition) is 3. The number of anilines is 1. The monoisotopic (exact) mass is 261 g/mol. The number of carbonyl (C=O) groups is 1. The van der Waals surface area contributed by atoms with E-state index in [1.807, 2.05) is 38.1 Å². The average molecular weight is 261 g/mol. The minimum absolute atomic E-state index is 0.0269. The number of benzene rings is 1. The Hall–Kier alpha value is -1.65. The molecular weight excluding hydrogens is 246 g/mol. The van der Waals surface area contributed by atoms with Crippen molar-refractivity contribution >= 4 is 22.9 Å². The van der Waals surface area contributed by atoms with E-state index in [-0.39, 0.29) is 12.5 Å². The first-order valence-electron chi connectivity index (χ1n) is 5.68. The molecule has 0 fully saturated rings. The molecule has 1 aromatic carbocycles. The summed E-state index contributed by atoms with van der Waals surface area (Å²) in [6.07, 6.45) is 0. The zero-order chi connectivity index (χ0) is 13.1. The van der Waals surface area contributed by atoms with Gasteiger partial charge in [0, 0.05) is 10.6 Å². The van der Waals surface area contributed by atoms with E-state index in [2.05, 4.69) is 5.32 Å². The van der Waals surface area contributed by atoms with Crippen molar-refractivity contribution in [3.8, 4) is 0 Å². The van der Waals surface area contributed by atoms with Gasteiger partial charge < -0.3 is 10.4 Å². The van der Waals surface area contributed by atoms with Crippen LogP contribution in [0.3, 0.4) is 0 Å². The molecule has 1 aromatic heterocycles. The van der Waals surface area contributed by atoms with Gasteiger partial charge in [0.25, 0.3) is 5.91 Å². The van der Waals surface area contributed by atoms with Crippen molar-refractivity contribution in [3.05, 3.63) is 51.2 Å². The summed E-state index contributed by atoms with van der Waals surface area (Å²) < 4.78 is 0. The predicted octanol–water partition coefficient (Wildman–Crippen LogP) is 3.11. The Morgan fingerprint density at radius 3 is 2.72 bits per heavy atom. The fraction of sp³-hybridized carbons (Fsp3) is 0.214. The second-order valence-corrected chi connectivity index (χ2v) is 5.42. The van der Waals surface area contributed by atoms with Crippen molar-refractivity contribution in [2.45, 2.75) is 20.5 Å². The van der Waals surface area contributed by atoms with Crippen LogP contribution < -0.4 is 5.32 Å². The van der Waals surface area contributed by atoms with E-state index in [1.54, 1.807) is 6.07 Å². The van der Waals surface area contributed by atoms with Gasteiger partial charge in [-0.1, -0.05) is 12.1 Å². The normalized spacial score (nSPS) is 10.4. The quantitative estimate of drug-likeness (QED) is 0.892. The standard InChI is InChI=1S/C14H15NO2S/c1-9-6-13(18-10(9)2)14(17)15-12-5-3-4-11(7-12)8-16/h3-7,16H,8H2,1-2H3,(H,15,17). The van der Waals surface area contributed by atoms with Crippen LogP contribution in [0.1, 0.15) is 25.7 Å². The third-order valence-electron chi connectivity index (χ3n) is 2.76. The molecule has 18 heavy (non-hydrogen) atoms. The van der Waals surface area contributed by atoms with Crippen molar-refractivity contribution in [3.63, 3.8) is 0 Å². The number of thiophene rings is 1. The van der Waals surface area contributed by atoms with Crippen LogP contribution in [-0.4, -0.2) is 11.0 Å². The smallest absolute Gasteiger partial charge is 0.265 e. The minimum atomic E-state index is -0.105. The number of aryl methyl sites for hydroxylation is 2. The molecule has 0 radical (unpaired) electrons. The van der Waals surface area contributed by atoms with Crippen LogP contribution in [0, 0.1) is 13.8 Å². The highest BCUT2D eigenvalue weighted by Gasteiger charge is 2.10. The van der Waals surface area contributed by atoms with Crippen molar-refractivity contribution in [1.82, 2.24) is 0 Å². The number of aliphatic hydroxyl groups is 1. The number of aliphatic hydroxyl groups excluding tert-OH is 1.